The minimum Gasteiger partial charge on any atom is -0.457 e. The van der Waals surface area contributed by atoms with Crippen LogP contribution >= 0.6 is 0 Å². The van der Waals surface area contributed by atoms with Crippen LogP contribution in [0, 0.1) is 0 Å². The van der Waals surface area contributed by atoms with Gasteiger partial charge in [-0.15, -0.1) is 0 Å². The number of nitrogens with one attached hydrogen (secondary N) is 3. The largest absolute Gasteiger partial charge is 0.457 e. The van der Waals surface area contributed by atoms with Gasteiger partial charge in [0.1, 0.15) is 11.5 Å². The summed E-state index contributed by atoms with van der Waals surface area (Å²) in [4.78, 5) is 12.0. The fourth-order valence-electron chi connectivity index (χ4n) is 2.40. The smallest absolute Gasteiger partial charge is 0.329 e. The molecule has 3 rings (SSSR count). The Kier molecular flexibility index (Phi) is 3.75. The minimum absolute atomic E-state index is 0.232. The SMILES string of the molecule is CCNNC(=O)NC1c2ccccc2Oc2ccccc21. The van der Waals surface area contributed by atoms with Crippen molar-refractivity contribution in [3.8, 4) is 11.5 Å². The number of hydrogen-bond donors (Lipinski definition) is 3. The first kappa shape index (κ1) is 13.5. The molecule has 2 amide bonds. The average Bonchev–Trinajstić information content (AvgIpc) is 2.52. The van der Waals surface area contributed by atoms with Gasteiger partial charge in [0.2, 0.25) is 0 Å². The van der Waals surface area contributed by atoms with E-state index < -0.39 is 0 Å². The van der Waals surface area contributed by atoms with Gasteiger partial charge in [0.15, 0.2) is 0 Å². The van der Waals surface area contributed by atoms with E-state index in [1.54, 1.807) is 0 Å². The Morgan fingerprint density at radius 1 is 1.05 bits per heavy atom. The molecule has 0 radical (unpaired) electrons. The van der Waals surface area contributed by atoms with Gasteiger partial charge in [0, 0.05) is 17.7 Å². The lowest BCUT2D eigenvalue weighted by Crippen LogP contribution is -2.45. The first-order valence-corrected chi connectivity index (χ1v) is 6.94. The number of rotatable bonds is 3. The van der Waals surface area contributed by atoms with Crippen LogP contribution in [0.5, 0.6) is 11.5 Å². The number of hydrogen-bond acceptors (Lipinski definition) is 3. The van der Waals surface area contributed by atoms with Gasteiger partial charge in [-0.25, -0.2) is 10.2 Å². The van der Waals surface area contributed by atoms with Crippen molar-refractivity contribution in [3.63, 3.8) is 0 Å². The molecule has 0 fully saturated rings. The molecule has 0 bridgehead atoms. The molecule has 1 heterocycles. The number of fused-ring (bicyclic) bond motifs is 2. The lowest BCUT2D eigenvalue weighted by atomic mass is 9.95. The zero-order valence-corrected chi connectivity index (χ0v) is 11.7. The van der Waals surface area contributed by atoms with Crippen molar-refractivity contribution in [2.75, 3.05) is 6.54 Å². The molecular formula is C16H17N3O2. The number of hydrazine groups is 1. The van der Waals surface area contributed by atoms with Gasteiger partial charge in [-0.3, -0.25) is 5.43 Å². The summed E-state index contributed by atoms with van der Waals surface area (Å²) in [6, 6.07) is 14.9. The van der Waals surface area contributed by atoms with Crippen LogP contribution < -0.4 is 20.9 Å². The third-order valence-electron chi connectivity index (χ3n) is 3.33. The summed E-state index contributed by atoms with van der Waals surface area (Å²) < 4.78 is 5.88. The van der Waals surface area contributed by atoms with Gasteiger partial charge in [-0.1, -0.05) is 43.3 Å². The fourth-order valence-corrected chi connectivity index (χ4v) is 2.40. The molecule has 21 heavy (non-hydrogen) atoms. The molecule has 2 aromatic rings. The van der Waals surface area contributed by atoms with Crippen LogP contribution in [0.4, 0.5) is 4.79 Å². The second-order valence-corrected chi connectivity index (χ2v) is 4.74. The van der Waals surface area contributed by atoms with Crippen LogP contribution in [0.1, 0.15) is 24.1 Å². The van der Waals surface area contributed by atoms with E-state index in [-0.39, 0.29) is 12.1 Å². The van der Waals surface area contributed by atoms with E-state index >= 15 is 0 Å². The van der Waals surface area contributed by atoms with Crippen LogP contribution in [-0.4, -0.2) is 12.6 Å². The predicted octanol–water partition coefficient (Wildman–Crippen LogP) is 2.71. The maximum atomic E-state index is 12.0. The molecule has 3 N–H and O–H groups in total. The van der Waals surface area contributed by atoms with Gasteiger partial charge >= 0.3 is 6.03 Å². The topological polar surface area (TPSA) is 62.4 Å². The zero-order chi connectivity index (χ0) is 14.7. The molecule has 0 spiro atoms. The molecule has 0 unspecified atom stereocenters. The number of urea groups is 1. The van der Waals surface area contributed by atoms with Gasteiger partial charge < -0.3 is 10.1 Å². The van der Waals surface area contributed by atoms with E-state index in [9.17, 15) is 4.79 Å². The van der Waals surface area contributed by atoms with Crippen LogP contribution in [0.25, 0.3) is 0 Å². The Balaban J connectivity index is 1.93. The number of para-hydroxylation sites is 2. The maximum Gasteiger partial charge on any atom is 0.329 e. The lowest BCUT2D eigenvalue weighted by molar-refractivity contribution is 0.234. The highest BCUT2D eigenvalue weighted by atomic mass is 16.5. The molecule has 5 heteroatoms. The first-order chi connectivity index (χ1) is 10.3. The first-order valence-electron chi connectivity index (χ1n) is 6.94. The number of ether oxygens (including phenoxy) is 1. The predicted molar refractivity (Wildman–Crippen MR) is 80.1 cm³/mol. The number of carbonyl (C=O) groups is 1. The van der Waals surface area contributed by atoms with E-state index in [4.69, 9.17) is 4.74 Å². The summed E-state index contributed by atoms with van der Waals surface area (Å²) >= 11 is 0. The van der Waals surface area contributed by atoms with Gasteiger partial charge in [-0.05, 0) is 12.1 Å². The van der Waals surface area contributed by atoms with Crippen LogP contribution in [0.3, 0.4) is 0 Å². The van der Waals surface area contributed by atoms with E-state index in [2.05, 4.69) is 16.2 Å². The minimum atomic E-state index is -0.270. The Hall–Kier alpha value is -2.53. The van der Waals surface area contributed by atoms with E-state index in [0.29, 0.717) is 6.54 Å². The van der Waals surface area contributed by atoms with Crippen LogP contribution in [0.2, 0.25) is 0 Å². The second-order valence-electron chi connectivity index (χ2n) is 4.74. The number of carbonyl (C=O) groups excluding carboxylic acids is 1. The van der Waals surface area contributed by atoms with Crippen molar-refractivity contribution in [1.29, 1.82) is 0 Å². The highest BCUT2D eigenvalue weighted by Gasteiger charge is 2.27. The van der Waals surface area contributed by atoms with Crippen molar-refractivity contribution >= 4 is 6.03 Å². The Labute approximate surface area is 123 Å². The molecule has 0 aromatic heterocycles. The van der Waals surface area contributed by atoms with Crippen LogP contribution in [0.15, 0.2) is 48.5 Å². The molecule has 0 aliphatic carbocycles. The molecule has 0 atom stereocenters. The summed E-state index contributed by atoms with van der Waals surface area (Å²) in [5.74, 6) is 1.54. The molecule has 0 saturated carbocycles. The quantitative estimate of drug-likeness (QED) is 0.759. The summed E-state index contributed by atoms with van der Waals surface area (Å²) in [6.45, 7) is 2.58. The Bertz CT molecular complexity index is 612. The Morgan fingerprint density at radius 2 is 1.62 bits per heavy atom. The highest BCUT2D eigenvalue weighted by molar-refractivity contribution is 5.75. The summed E-state index contributed by atoms with van der Waals surface area (Å²) in [7, 11) is 0. The normalized spacial score (nSPS) is 12.8. The third-order valence-corrected chi connectivity index (χ3v) is 3.33. The van der Waals surface area contributed by atoms with Gasteiger partial charge in [-0.2, -0.15) is 0 Å². The summed E-state index contributed by atoms with van der Waals surface area (Å²) in [6.07, 6.45) is 0. The van der Waals surface area contributed by atoms with Crippen molar-refractivity contribution in [3.05, 3.63) is 59.7 Å². The maximum absolute atomic E-state index is 12.0. The zero-order valence-electron chi connectivity index (χ0n) is 11.7. The van der Waals surface area contributed by atoms with Crippen LogP contribution in [-0.2, 0) is 0 Å². The monoisotopic (exact) mass is 283 g/mol. The van der Waals surface area contributed by atoms with E-state index in [0.717, 1.165) is 22.6 Å². The average molecular weight is 283 g/mol. The molecule has 5 nitrogen and oxygen atoms in total. The fraction of sp³-hybridized carbons (Fsp3) is 0.188. The number of benzene rings is 2. The molecule has 0 saturated heterocycles. The molecule has 1 aliphatic heterocycles. The standard InChI is InChI=1S/C16H17N3O2/c1-2-17-19-16(20)18-15-11-7-3-5-9-13(11)21-14-10-6-4-8-12(14)15/h3-10,15,17H,2H2,1H3,(H2,18,19,20). The van der Waals surface area contributed by atoms with Gasteiger partial charge in [0.05, 0.1) is 6.04 Å². The van der Waals surface area contributed by atoms with Crippen molar-refractivity contribution in [1.82, 2.24) is 16.2 Å². The van der Waals surface area contributed by atoms with Crippen molar-refractivity contribution in [2.24, 2.45) is 0 Å². The molecule has 108 valence electrons. The summed E-state index contributed by atoms with van der Waals surface area (Å²) in [5.41, 5.74) is 7.29. The Morgan fingerprint density at radius 3 is 2.19 bits per heavy atom. The van der Waals surface area contributed by atoms with E-state index in [1.165, 1.54) is 0 Å². The highest BCUT2D eigenvalue weighted by Crippen LogP contribution is 2.42. The number of amides is 2. The second kappa shape index (κ2) is 5.85. The molecular weight excluding hydrogens is 266 g/mol. The lowest BCUT2D eigenvalue weighted by Gasteiger charge is -2.28. The molecule has 2 aromatic carbocycles. The van der Waals surface area contributed by atoms with Gasteiger partial charge in [0.25, 0.3) is 0 Å². The molecule has 1 aliphatic rings. The van der Waals surface area contributed by atoms with E-state index in [1.807, 2.05) is 55.5 Å². The van der Waals surface area contributed by atoms with Crippen molar-refractivity contribution in [2.45, 2.75) is 13.0 Å². The van der Waals surface area contributed by atoms with Crippen molar-refractivity contribution < 1.29 is 9.53 Å². The summed E-state index contributed by atoms with van der Waals surface area (Å²) in [5, 5.41) is 2.97. The third kappa shape index (κ3) is 2.68.